The molecule has 1 heterocycles. The summed E-state index contributed by atoms with van der Waals surface area (Å²) in [6.45, 7) is 2.05. The molecule has 4 aromatic rings. The molecule has 0 saturated carbocycles. The van der Waals surface area contributed by atoms with Crippen LogP contribution >= 0.6 is 11.3 Å². The third kappa shape index (κ3) is 5.36. The number of fused-ring (bicyclic) bond motifs is 1. The molecular formula is C26H21F5OS. The van der Waals surface area contributed by atoms with Crippen LogP contribution in [-0.4, -0.2) is 6.11 Å². The zero-order valence-corrected chi connectivity index (χ0v) is 18.6. The van der Waals surface area contributed by atoms with Crippen molar-refractivity contribution in [3.05, 3.63) is 88.6 Å². The second kappa shape index (κ2) is 9.51. The molecule has 172 valence electrons. The molecule has 0 aliphatic carbocycles. The van der Waals surface area contributed by atoms with Crippen molar-refractivity contribution in [2.24, 2.45) is 0 Å². The molecule has 0 saturated heterocycles. The van der Waals surface area contributed by atoms with Crippen molar-refractivity contribution in [2.45, 2.75) is 38.7 Å². The zero-order valence-electron chi connectivity index (χ0n) is 17.8. The topological polar surface area (TPSA) is 9.23 Å². The lowest BCUT2D eigenvalue weighted by Gasteiger charge is -2.18. The first-order chi connectivity index (χ1) is 15.8. The molecule has 0 bridgehead atoms. The number of hydrogen-bond donors (Lipinski definition) is 0. The average Bonchev–Trinajstić information content (AvgIpc) is 3.19. The fraction of sp³-hybridized carbons (Fsp3) is 0.231. The molecule has 0 fully saturated rings. The Hall–Kier alpha value is -2.93. The Kier molecular flexibility index (Phi) is 6.70. The van der Waals surface area contributed by atoms with Crippen molar-refractivity contribution in [1.29, 1.82) is 0 Å². The van der Waals surface area contributed by atoms with E-state index in [0.717, 1.165) is 35.2 Å². The SMILES string of the molecule is CCCc1cc2ccc(CCC(F)(F)Oc3ccc(-c4ccc(F)c(F)c4)cc3)c(F)c2s1. The van der Waals surface area contributed by atoms with Crippen LogP contribution < -0.4 is 4.74 Å². The van der Waals surface area contributed by atoms with Crippen molar-refractivity contribution in [3.8, 4) is 16.9 Å². The van der Waals surface area contributed by atoms with Crippen LogP contribution in [0, 0.1) is 17.5 Å². The molecule has 0 N–H and O–H groups in total. The third-order valence-corrected chi connectivity index (χ3v) is 6.52. The van der Waals surface area contributed by atoms with Gasteiger partial charge < -0.3 is 4.74 Å². The normalized spacial score (nSPS) is 11.8. The van der Waals surface area contributed by atoms with E-state index in [4.69, 9.17) is 4.74 Å². The summed E-state index contributed by atoms with van der Waals surface area (Å²) < 4.78 is 75.6. The molecule has 1 aromatic heterocycles. The Labute approximate surface area is 192 Å². The van der Waals surface area contributed by atoms with Crippen LogP contribution in [0.25, 0.3) is 21.2 Å². The van der Waals surface area contributed by atoms with Crippen LogP contribution in [0.15, 0.2) is 60.7 Å². The monoisotopic (exact) mass is 476 g/mol. The van der Waals surface area contributed by atoms with Crippen LogP contribution in [0.1, 0.15) is 30.2 Å². The van der Waals surface area contributed by atoms with Crippen LogP contribution in [-0.2, 0) is 12.8 Å². The van der Waals surface area contributed by atoms with Gasteiger partial charge in [0.2, 0.25) is 0 Å². The first-order valence-corrected chi connectivity index (χ1v) is 11.4. The highest BCUT2D eigenvalue weighted by Gasteiger charge is 2.31. The minimum Gasteiger partial charge on any atom is -0.433 e. The molecule has 0 atom stereocenters. The van der Waals surface area contributed by atoms with E-state index < -0.39 is 30.0 Å². The van der Waals surface area contributed by atoms with Crippen molar-refractivity contribution in [3.63, 3.8) is 0 Å². The van der Waals surface area contributed by atoms with Gasteiger partial charge in [0.15, 0.2) is 11.6 Å². The molecule has 3 aromatic carbocycles. The van der Waals surface area contributed by atoms with E-state index in [2.05, 4.69) is 0 Å². The summed E-state index contributed by atoms with van der Waals surface area (Å²) in [4.78, 5) is 1.07. The first-order valence-electron chi connectivity index (χ1n) is 10.6. The van der Waals surface area contributed by atoms with Gasteiger partial charge in [0.05, 0.1) is 11.1 Å². The Morgan fingerprint density at radius 3 is 2.24 bits per heavy atom. The van der Waals surface area contributed by atoms with Crippen molar-refractivity contribution < 1.29 is 26.7 Å². The van der Waals surface area contributed by atoms with Gasteiger partial charge in [-0.05, 0) is 65.3 Å². The number of hydrogen-bond acceptors (Lipinski definition) is 2. The van der Waals surface area contributed by atoms with Crippen molar-refractivity contribution in [2.75, 3.05) is 0 Å². The van der Waals surface area contributed by atoms with Crippen LogP contribution in [0.3, 0.4) is 0 Å². The Bertz CT molecular complexity index is 1260. The van der Waals surface area contributed by atoms with E-state index in [1.807, 2.05) is 13.0 Å². The number of benzene rings is 3. The minimum absolute atomic E-state index is 0.0790. The van der Waals surface area contributed by atoms with Gasteiger partial charge in [-0.1, -0.05) is 43.7 Å². The summed E-state index contributed by atoms with van der Waals surface area (Å²) >= 11 is 1.36. The molecule has 0 radical (unpaired) electrons. The van der Waals surface area contributed by atoms with Gasteiger partial charge in [0, 0.05) is 4.88 Å². The zero-order chi connectivity index (χ0) is 23.6. The van der Waals surface area contributed by atoms with E-state index in [9.17, 15) is 22.0 Å². The van der Waals surface area contributed by atoms with E-state index >= 15 is 0 Å². The largest absolute Gasteiger partial charge is 0.433 e. The summed E-state index contributed by atoms with van der Waals surface area (Å²) in [5.74, 6) is -2.49. The third-order valence-electron chi connectivity index (χ3n) is 5.31. The molecule has 0 spiro atoms. The highest BCUT2D eigenvalue weighted by Crippen LogP contribution is 2.33. The van der Waals surface area contributed by atoms with Crippen LogP contribution in [0.2, 0.25) is 0 Å². The predicted molar refractivity (Wildman–Crippen MR) is 121 cm³/mol. The number of alkyl halides is 2. The fourth-order valence-electron chi connectivity index (χ4n) is 3.62. The minimum atomic E-state index is -3.51. The smallest absolute Gasteiger partial charge is 0.398 e. The Morgan fingerprint density at radius 1 is 0.818 bits per heavy atom. The molecule has 4 rings (SSSR count). The Balaban J connectivity index is 1.42. The molecule has 7 heteroatoms. The maximum Gasteiger partial charge on any atom is 0.398 e. The molecule has 0 unspecified atom stereocenters. The number of thiophene rings is 1. The van der Waals surface area contributed by atoms with Crippen molar-refractivity contribution >= 4 is 21.4 Å². The van der Waals surface area contributed by atoms with Gasteiger partial charge >= 0.3 is 6.11 Å². The van der Waals surface area contributed by atoms with E-state index in [1.54, 1.807) is 12.1 Å². The molecular weight excluding hydrogens is 455 g/mol. The van der Waals surface area contributed by atoms with Gasteiger partial charge in [-0.2, -0.15) is 8.78 Å². The van der Waals surface area contributed by atoms with Crippen LogP contribution in [0.5, 0.6) is 5.75 Å². The fourth-order valence-corrected chi connectivity index (χ4v) is 4.84. The van der Waals surface area contributed by atoms with Gasteiger partial charge in [0.25, 0.3) is 0 Å². The van der Waals surface area contributed by atoms with E-state index in [-0.39, 0.29) is 17.7 Å². The second-order valence-electron chi connectivity index (χ2n) is 7.81. The lowest BCUT2D eigenvalue weighted by Crippen LogP contribution is -2.25. The summed E-state index contributed by atoms with van der Waals surface area (Å²) in [7, 11) is 0. The van der Waals surface area contributed by atoms with E-state index in [0.29, 0.717) is 15.8 Å². The number of aryl methyl sites for hydroxylation is 2. The summed E-state index contributed by atoms with van der Waals surface area (Å²) in [6.07, 6.45) is -2.56. The molecule has 1 nitrogen and oxygen atoms in total. The van der Waals surface area contributed by atoms with Crippen molar-refractivity contribution in [1.82, 2.24) is 0 Å². The molecule has 0 aliphatic heterocycles. The molecule has 33 heavy (non-hydrogen) atoms. The number of halogens is 5. The second-order valence-corrected chi connectivity index (χ2v) is 8.95. The standard InChI is InChI=1S/C26H21F5OS/c1-2-3-21-14-19-5-4-17(24(29)25(19)33-21)12-13-26(30,31)32-20-9-6-16(7-10-20)18-8-11-22(27)23(28)15-18/h4-11,14-15H,2-3,12-13H2,1H3. The van der Waals surface area contributed by atoms with Crippen LogP contribution in [0.4, 0.5) is 22.0 Å². The Morgan fingerprint density at radius 2 is 1.55 bits per heavy atom. The molecule has 0 aliphatic rings. The maximum atomic E-state index is 14.9. The van der Waals surface area contributed by atoms with E-state index in [1.165, 1.54) is 41.7 Å². The van der Waals surface area contributed by atoms with Gasteiger partial charge in [-0.3, -0.25) is 0 Å². The average molecular weight is 477 g/mol. The van der Waals surface area contributed by atoms with Gasteiger partial charge in [-0.15, -0.1) is 11.3 Å². The first kappa shape index (κ1) is 23.2. The summed E-state index contributed by atoms with van der Waals surface area (Å²) in [5.41, 5.74) is 1.16. The predicted octanol–water partition coefficient (Wildman–Crippen LogP) is 8.54. The quantitative estimate of drug-likeness (QED) is 0.232. The maximum absolute atomic E-state index is 14.9. The number of ether oxygens (including phenoxy) is 1. The molecule has 0 amide bonds. The summed E-state index contributed by atoms with van der Waals surface area (Å²) in [6, 6.07) is 14.3. The lowest BCUT2D eigenvalue weighted by molar-refractivity contribution is -0.180. The highest BCUT2D eigenvalue weighted by molar-refractivity contribution is 7.19. The lowest BCUT2D eigenvalue weighted by atomic mass is 10.1. The van der Waals surface area contributed by atoms with Gasteiger partial charge in [0.1, 0.15) is 11.6 Å². The van der Waals surface area contributed by atoms with Gasteiger partial charge in [-0.25, -0.2) is 13.2 Å². The summed E-state index contributed by atoms with van der Waals surface area (Å²) in [5, 5.41) is 0.786. The highest BCUT2D eigenvalue weighted by atomic mass is 32.1. The number of rotatable bonds is 8.